The summed E-state index contributed by atoms with van der Waals surface area (Å²) in [5.74, 6) is -0.0914. The first kappa shape index (κ1) is 11.5. The Morgan fingerprint density at radius 2 is 2.33 bits per heavy atom. The van der Waals surface area contributed by atoms with Crippen LogP contribution in [0, 0.1) is 11.3 Å². The minimum absolute atomic E-state index is 0.0914. The van der Waals surface area contributed by atoms with Crippen LogP contribution in [0.3, 0.4) is 0 Å². The van der Waals surface area contributed by atoms with E-state index < -0.39 is 0 Å². The van der Waals surface area contributed by atoms with Crippen molar-refractivity contribution in [2.75, 3.05) is 18.9 Å². The normalized spacial score (nSPS) is 9.13. The number of amides is 1. The fourth-order valence-electron chi connectivity index (χ4n) is 0.992. The van der Waals surface area contributed by atoms with Crippen LogP contribution in [0.5, 0.6) is 0 Å². The van der Waals surface area contributed by atoms with Gasteiger partial charge in [-0.1, -0.05) is 0 Å². The molecular weight excluding hydrogens is 258 g/mol. The predicted molar refractivity (Wildman–Crippen MR) is 61.4 cm³/mol. The Morgan fingerprint density at radius 1 is 1.60 bits per heavy atom. The lowest BCUT2D eigenvalue weighted by molar-refractivity contribution is -0.118. The van der Waals surface area contributed by atoms with E-state index in [1.807, 2.05) is 6.07 Å². The van der Waals surface area contributed by atoms with E-state index in [2.05, 4.69) is 26.6 Å². The van der Waals surface area contributed by atoms with Crippen LogP contribution in [0.4, 0.5) is 5.69 Å². The van der Waals surface area contributed by atoms with Gasteiger partial charge in [-0.15, -0.1) is 0 Å². The minimum atomic E-state index is -0.0914. The number of hydrogen-bond acceptors (Lipinski definition) is 3. The zero-order chi connectivity index (χ0) is 11.3. The quantitative estimate of drug-likeness (QED) is 0.872. The average molecular weight is 268 g/mol. The molecule has 0 aliphatic heterocycles. The topological polar surface area (TPSA) is 64.9 Å². The van der Waals surface area contributed by atoms with Gasteiger partial charge in [-0.2, -0.15) is 5.26 Å². The zero-order valence-corrected chi connectivity index (χ0v) is 9.76. The molecule has 4 nitrogen and oxygen atoms in total. The minimum Gasteiger partial charge on any atom is -0.375 e. The van der Waals surface area contributed by atoms with Gasteiger partial charge in [0.1, 0.15) is 0 Å². The molecule has 5 heteroatoms. The van der Waals surface area contributed by atoms with Crippen molar-refractivity contribution < 1.29 is 4.79 Å². The molecule has 0 radical (unpaired) electrons. The third-order valence-corrected chi connectivity index (χ3v) is 2.47. The Kier molecular flexibility index (Phi) is 4.13. The van der Waals surface area contributed by atoms with E-state index in [4.69, 9.17) is 5.26 Å². The highest BCUT2D eigenvalue weighted by Gasteiger charge is 2.02. The first-order chi connectivity index (χ1) is 7.17. The number of nitrogens with zero attached hydrogens (tertiary/aromatic N) is 1. The van der Waals surface area contributed by atoms with Gasteiger partial charge in [0, 0.05) is 17.2 Å². The van der Waals surface area contributed by atoms with Crippen molar-refractivity contribution in [1.29, 1.82) is 5.26 Å². The Labute approximate surface area is 96.4 Å². The molecule has 0 saturated carbocycles. The molecule has 0 spiro atoms. The number of hydrogen-bond donors (Lipinski definition) is 2. The van der Waals surface area contributed by atoms with Crippen LogP contribution in [0.2, 0.25) is 0 Å². The molecule has 1 aromatic carbocycles. The van der Waals surface area contributed by atoms with E-state index in [1.54, 1.807) is 25.2 Å². The molecule has 0 fully saturated rings. The van der Waals surface area contributed by atoms with E-state index in [9.17, 15) is 4.79 Å². The lowest BCUT2D eigenvalue weighted by Gasteiger charge is -2.07. The van der Waals surface area contributed by atoms with Crippen LogP contribution in [0.25, 0.3) is 0 Å². The highest BCUT2D eigenvalue weighted by Crippen LogP contribution is 2.22. The number of nitrogens with one attached hydrogen (secondary N) is 2. The molecule has 78 valence electrons. The fourth-order valence-corrected chi connectivity index (χ4v) is 1.51. The molecule has 1 amide bonds. The number of rotatable bonds is 3. The Morgan fingerprint density at radius 3 is 2.87 bits per heavy atom. The molecule has 0 aliphatic carbocycles. The van der Waals surface area contributed by atoms with E-state index in [1.165, 1.54) is 0 Å². The van der Waals surface area contributed by atoms with Crippen molar-refractivity contribution in [3.05, 3.63) is 28.2 Å². The van der Waals surface area contributed by atoms with Crippen LogP contribution >= 0.6 is 15.9 Å². The summed E-state index contributed by atoms with van der Waals surface area (Å²) in [4.78, 5) is 11.0. The van der Waals surface area contributed by atoms with Gasteiger partial charge in [-0.25, -0.2) is 0 Å². The first-order valence-corrected chi connectivity index (χ1v) is 5.10. The van der Waals surface area contributed by atoms with Crippen LogP contribution in [0.15, 0.2) is 22.7 Å². The number of nitriles is 1. The summed E-state index contributed by atoms with van der Waals surface area (Å²) in [7, 11) is 1.58. The summed E-state index contributed by atoms with van der Waals surface area (Å²) < 4.78 is 0.769. The van der Waals surface area contributed by atoms with Gasteiger partial charge in [0.05, 0.1) is 18.2 Å². The predicted octanol–water partition coefficient (Wildman–Crippen LogP) is 1.48. The summed E-state index contributed by atoms with van der Waals surface area (Å²) in [6.45, 7) is 0.209. The van der Waals surface area contributed by atoms with Gasteiger partial charge >= 0.3 is 0 Å². The number of anilines is 1. The number of carbonyl (C=O) groups is 1. The summed E-state index contributed by atoms with van der Waals surface area (Å²) in [6, 6.07) is 7.18. The lowest BCUT2D eigenvalue weighted by atomic mass is 10.2. The second kappa shape index (κ2) is 5.37. The Bertz CT molecular complexity index is 412. The molecule has 0 saturated heterocycles. The molecule has 0 unspecified atom stereocenters. The van der Waals surface area contributed by atoms with Crippen molar-refractivity contribution in [2.45, 2.75) is 0 Å². The molecule has 0 aromatic heterocycles. The molecule has 1 aromatic rings. The lowest BCUT2D eigenvalue weighted by Crippen LogP contribution is -2.26. The van der Waals surface area contributed by atoms with E-state index >= 15 is 0 Å². The molecule has 2 N–H and O–H groups in total. The standard InChI is InChI=1S/C10H10BrN3O/c1-13-10(15)6-14-9-3-2-7(5-12)4-8(9)11/h2-4,14H,6H2,1H3,(H,13,15). The Balaban J connectivity index is 2.71. The fraction of sp³-hybridized carbons (Fsp3) is 0.200. The number of benzene rings is 1. The van der Waals surface area contributed by atoms with Crippen molar-refractivity contribution in [3.63, 3.8) is 0 Å². The highest BCUT2D eigenvalue weighted by molar-refractivity contribution is 9.10. The van der Waals surface area contributed by atoms with Crippen LogP contribution in [-0.4, -0.2) is 19.5 Å². The molecule has 0 aliphatic rings. The van der Waals surface area contributed by atoms with Crippen molar-refractivity contribution >= 4 is 27.5 Å². The number of likely N-dealkylation sites (N-methyl/N-ethyl adjacent to an activating group) is 1. The summed E-state index contributed by atoms with van der Waals surface area (Å²) in [6.07, 6.45) is 0. The zero-order valence-electron chi connectivity index (χ0n) is 8.17. The van der Waals surface area contributed by atoms with Crippen molar-refractivity contribution in [2.24, 2.45) is 0 Å². The second-order valence-electron chi connectivity index (χ2n) is 2.83. The maximum Gasteiger partial charge on any atom is 0.239 e. The van der Waals surface area contributed by atoms with Gasteiger partial charge in [0.25, 0.3) is 0 Å². The summed E-state index contributed by atoms with van der Waals surface area (Å²) in [5.41, 5.74) is 1.37. The highest BCUT2D eigenvalue weighted by atomic mass is 79.9. The SMILES string of the molecule is CNC(=O)CNc1ccc(C#N)cc1Br. The van der Waals surface area contributed by atoms with E-state index in [0.29, 0.717) is 5.56 Å². The van der Waals surface area contributed by atoms with Gasteiger partial charge in [0.15, 0.2) is 0 Å². The number of halogens is 1. The summed E-state index contributed by atoms with van der Waals surface area (Å²) >= 11 is 3.31. The van der Waals surface area contributed by atoms with Crippen molar-refractivity contribution in [3.8, 4) is 6.07 Å². The average Bonchev–Trinajstić information content (AvgIpc) is 2.26. The van der Waals surface area contributed by atoms with Gasteiger partial charge in [-0.3, -0.25) is 4.79 Å². The number of carbonyl (C=O) groups excluding carboxylic acids is 1. The van der Waals surface area contributed by atoms with Crippen molar-refractivity contribution in [1.82, 2.24) is 5.32 Å². The molecule has 1 rings (SSSR count). The van der Waals surface area contributed by atoms with Gasteiger partial charge < -0.3 is 10.6 Å². The molecule has 0 atom stereocenters. The smallest absolute Gasteiger partial charge is 0.239 e. The molecule has 0 heterocycles. The van der Waals surface area contributed by atoms with E-state index in [0.717, 1.165) is 10.2 Å². The maximum atomic E-state index is 11.0. The van der Waals surface area contributed by atoms with Crippen LogP contribution in [0.1, 0.15) is 5.56 Å². The third kappa shape index (κ3) is 3.26. The molecule has 15 heavy (non-hydrogen) atoms. The Hall–Kier alpha value is -1.54. The largest absolute Gasteiger partial charge is 0.375 e. The first-order valence-electron chi connectivity index (χ1n) is 4.31. The second-order valence-corrected chi connectivity index (χ2v) is 3.69. The molecule has 0 bridgehead atoms. The summed E-state index contributed by atoms with van der Waals surface area (Å²) in [5, 5.41) is 14.1. The van der Waals surface area contributed by atoms with Gasteiger partial charge in [0.2, 0.25) is 5.91 Å². The molecular formula is C10H10BrN3O. The van der Waals surface area contributed by atoms with Crippen LogP contribution in [-0.2, 0) is 4.79 Å². The maximum absolute atomic E-state index is 11.0. The van der Waals surface area contributed by atoms with E-state index in [-0.39, 0.29) is 12.5 Å². The third-order valence-electron chi connectivity index (χ3n) is 1.82. The van der Waals surface area contributed by atoms with Gasteiger partial charge in [-0.05, 0) is 34.1 Å². The van der Waals surface area contributed by atoms with Crippen LogP contribution < -0.4 is 10.6 Å². The monoisotopic (exact) mass is 267 g/mol.